The summed E-state index contributed by atoms with van der Waals surface area (Å²) in [5, 5.41) is 15.3. The first kappa shape index (κ1) is 76.8. The van der Waals surface area contributed by atoms with Crippen LogP contribution in [0.5, 0.6) is 0 Å². The molecular weight excluding hydrogens is 1600 g/mol. The van der Waals surface area contributed by atoms with Gasteiger partial charge in [0.2, 0.25) is 0 Å². The minimum Gasteiger partial charge on any atom is -0.309 e. The largest absolute Gasteiger partial charge is 0.309 e. The van der Waals surface area contributed by atoms with Crippen LogP contribution in [-0.4, -0.2) is 27.4 Å². The zero-order valence-corrected chi connectivity index (χ0v) is 72.2. The van der Waals surface area contributed by atoms with Crippen LogP contribution in [0.25, 0.3) is 232 Å². The molecule has 0 N–H and O–H groups in total. The third-order valence-corrected chi connectivity index (χ3v) is 26.8. The van der Waals surface area contributed by atoms with Crippen molar-refractivity contribution in [1.82, 2.24) is 27.4 Å². The zero-order chi connectivity index (χ0) is 87.1. The molecule has 0 bridgehead atoms. The van der Waals surface area contributed by atoms with E-state index >= 15 is 0 Å². The fourth-order valence-corrected chi connectivity index (χ4v) is 20.7. The summed E-state index contributed by atoms with van der Waals surface area (Å²) >= 11 is 0. The third kappa shape index (κ3) is 13.2. The summed E-state index contributed by atoms with van der Waals surface area (Å²) in [5.74, 6) is 0. The lowest BCUT2D eigenvalue weighted by Crippen LogP contribution is -1.95. The van der Waals surface area contributed by atoms with Gasteiger partial charge in [-0.3, -0.25) is 0 Å². The standard InChI is InChI=1S/3C42H28N2/c1-3-12-29(13-4-1)31-14-11-15-32(26-31)30-22-24-34(25-23-30)44-40-21-10-8-19-36(40)38-27-37-35-18-7-9-20-39(35)43(41(37)28-42(38)44)33-16-5-2-6-17-33;1-3-12-29(13-4-1)31-14-11-15-32(28-31)30-22-24-34(25-23-30)44-38-21-10-8-19-36(38)42-40(44)27-26-39-41(42)35-18-7-9-20-37(35)43(39)33-16-5-2-6-17-33;1-3-11-29(12-4-1)30-19-21-31(22-20-30)32-23-25-34(26-24-32)44-40-18-10-8-16-36(40)38-27-37-35-15-7-9-17-39(35)43(41(37)28-42(38)44)33-13-5-2-6-14-33/h3*1-28H. The molecule has 0 radical (unpaired) electrons. The summed E-state index contributed by atoms with van der Waals surface area (Å²) in [5.41, 5.74) is 36.2. The van der Waals surface area contributed by atoms with E-state index in [0.717, 1.165) is 17.1 Å². The molecule has 0 spiro atoms. The minimum absolute atomic E-state index is 1.15. The number of benzene rings is 21. The quantitative estimate of drug-likeness (QED) is 0.117. The summed E-state index contributed by atoms with van der Waals surface area (Å²) in [6.07, 6.45) is 0. The van der Waals surface area contributed by atoms with Crippen molar-refractivity contribution in [1.29, 1.82) is 0 Å². The summed E-state index contributed by atoms with van der Waals surface area (Å²) in [7, 11) is 0. The highest BCUT2D eigenvalue weighted by atomic mass is 15.0. The Morgan fingerprint density at radius 2 is 0.273 bits per heavy atom. The van der Waals surface area contributed by atoms with E-state index in [0.29, 0.717) is 0 Å². The molecular formula is C126H84N6. The normalized spacial score (nSPS) is 11.6. The van der Waals surface area contributed by atoms with E-state index in [9.17, 15) is 0 Å². The van der Waals surface area contributed by atoms with Crippen molar-refractivity contribution >= 4 is 131 Å². The Morgan fingerprint density at radius 1 is 0.0909 bits per heavy atom. The molecule has 6 aromatic heterocycles. The van der Waals surface area contributed by atoms with E-state index in [-0.39, 0.29) is 0 Å². The lowest BCUT2D eigenvalue weighted by Gasteiger charge is -2.11. The number of para-hydroxylation sites is 9. The van der Waals surface area contributed by atoms with Crippen molar-refractivity contribution < 1.29 is 0 Å². The molecule has 0 aliphatic rings. The van der Waals surface area contributed by atoms with Crippen LogP contribution in [0, 0.1) is 0 Å². The third-order valence-electron chi connectivity index (χ3n) is 26.8. The number of rotatable bonds is 12. The molecule has 618 valence electrons. The van der Waals surface area contributed by atoms with Crippen molar-refractivity contribution in [2.24, 2.45) is 0 Å². The van der Waals surface area contributed by atoms with E-state index < -0.39 is 0 Å². The first-order chi connectivity index (χ1) is 65.5. The number of nitrogens with zero attached hydrogens (tertiary/aromatic N) is 6. The second kappa shape index (κ2) is 32.4. The lowest BCUT2D eigenvalue weighted by molar-refractivity contribution is 1.16. The first-order valence-electron chi connectivity index (χ1n) is 45.4. The van der Waals surface area contributed by atoms with E-state index in [1.165, 1.54) is 215 Å². The summed E-state index contributed by atoms with van der Waals surface area (Å²) in [4.78, 5) is 0. The predicted octanol–water partition coefficient (Wildman–Crippen LogP) is 33.6. The average Bonchev–Trinajstić information content (AvgIpc) is 1.56. The van der Waals surface area contributed by atoms with Gasteiger partial charge in [0.15, 0.2) is 0 Å². The number of hydrogen-bond acceptors (Lipinski definition) is 0. The molecule has 0 unspecified atom stereocenters. The van der Waals surface area contributed by atoms with Crippen LogP contribution in [0.3, 0.4) is 0 Å². The fourth-order valence-electron chi connectivity index (χ4n) is 20.7. The molecule has 0 aliphatic heterocycles. The predicted molar refractivity (Wildman–Crippen MR) is 558 cm³/mol. The van der Waals surface area contributed by atoms with Gasteiger partial charge in [-0.25, -0.2) is 0 Å². The van der Waals surface area contributed by atoms with Gasteiger partial charge in [0, 0.05) is 98.8 Å². The van der Waals surface area contributed by atoms with Crippen LogP contribution >= 0.6 is 0 Å². The Morgan fingerprint density at radius 3 is 0.545 bits per heavy atom. The van der Waals surface area contributed by atoms with Crippen molar-refractivity contribution in [2.45, 2.75) is 0 Å². The molecule has 6 heteroatoms. The summed E-state index contributed by atoms with van der Waals surface area (Å²) < 4.78 is 14.4. The molecule has 27 aromatic rings. The van der Waals surface area contributed by atoms with Gasteiger partial charge in [-0.2, -0.15) is 0 Å². The second-order valence-electron chi connectivity index (χ2n) is 34.2. The van der Waals surface area contributed by atoms with Gasteiger partial charge in [-0.15, -0.1) is 0 Å². The molecule has 21 aromatic carbocycles. The molecule has 0 aliphatic carbocycles. The average molecular weight is 1680 g/mol. The SMILES string of the molecule is c1ccc(-c2ccc(-c3ccc(-n4c5ccccc5c5cc6c7ccccc7n(-c7ccccc7)c6cc54)cc3)cc2)cc1.c1ccc(-c2cccc(-c3ccc(-n4c5ccccc5c5c6c7ccccc7n(-c7ccccc7)c6ccc54)cc3)c2)cc1.c1ccc(-c2cccc(-c3ccc(-n4c5ccccc5c5cc6c7ccccc7n(-c7ccccc7)c6cc54)cc3)c2)cc1. The van der Waals surface area contributed by atoms with Crippen molar-refractivity contribution in [3.63, 3.8) is 0 Å². The van der Waals surface area contributed by atoms with Crippen molar-refractivity contribution in [3.05, 3.63) is 510 Å². The first-order valence-corrected chi connectivity index (χ1v) is 45.4. The van der Waals surface area contributed by atoms with E-state index in [1.807, 2.05) is 0 Å². The molecule has 0 amide bonds. The zero-order valence-electron chi connectivity index (χ0n) is 72.2. The van der Waals surface area contributed by atoms with E-state index in [4.69, 9.17) is 0 Å². The maximum absolute atomic E-state index is 2.42. The Hall–Kier alpha value is -17.6. The lowest BCUT2D eigenvalue weighted by atomic mass is 9.99. The van der Waals surface area contributed by atoms with Gasteiger partial charge >= 0.3 is 0 Å². The van der Waals surface area contributed by atoms with Gasteiger partial charge in [0.25, 0.3) is 0 Å². The summed E-state index contributed by atoms with van der Waals surface area (Å²) in [6, 6.07) is 184. The maximum Gasteiger partial charge on any atom is 0.0562 e. The Bertz CT molecular complexity index is 9060. The molecule has 27 rings (SSSR count). The molecule has 6 nitrogen and oxygen atoms in total. The molecule has 0 saturated heterocycles. The van der Waals surface area contributed by atoms with Crippen LogP contribution in [0.1, 0.15) is 0 Å². The maximum atomic E-state index is 2.42. The van der Waals surface area contributed by atoms with Crippen molar-refractivity contribution in [2.75, 3.05) is 0 Å². The van der Waals surface area contributed by atoms with Crippen LogP contribution in [0.4, 0.5) is 0 Å². The highest BCUT2D eigenvalue weighted by molar-refractivity contribution is 6.29. The van der Waals surface area contributed by atoms with Crippen LogP contribution in [-0.2, 0) is 0 Å². The van der Waals surface area contributed by atoms with E-state index in [1.54, 1.807) is 0 Å². The fraction of sp³-hybridized carbons (Fsp3) is 0. The van der Waals surface area contributed by atoms with Gasteiger partial charge in [0.1, 0.15) is 0 Å². The second-order valence-corrected chi connectivity index (χ2v) is 34.2. The van der Waals surface area contributed by atoms with Crippen LogP contribution < -0.4 is 0 Å². The molecule has 132 heavy (non-hydrogen) atoms. The Balaban J connectivity index is 0.000000106. The van der Waals surface area contributed by atoms with Gasteiger partial charge < -0.3 is 27.4 Å². The van der Waals surface area contributed by atoms with Crippen LogP contribution in [0.2, 0.25) is 0 Å². The molecule has 0 atom stereocenters. The molecule has 0 saturated carbocycles. The number of hydrogen-bond donors (Lipinski definition) is 0. The van der Waals surface area contributed by atoms with E-state index in [2.05, 4.69) is 537 Å². The van der Waals surface area contributed by atoms with Gasteiger partial charge in [-0.05, 0) is 224 Å². The van der Waals surface area contributed by atoms with Crippen molar-refractivity contribution in [3.8, 4) is 101 Å². The Labute approximate surface area is 763 Å². The molecule has 6 heterocycles. The monoisotopic (exact) mass is 1680 g/mol. The molecule has 0 fully saturated rings. The number of fused-ring (bicyclic) bond motifs is 19. The summed E-state index contributed by atoms with van der Waals surface area (Å²) in [6.45, 7) is 0. The van der Waals surface area contributed by atoms with Crippen LogP contribution in [0.15, 0.2) is 510 Å². The van der Waals surface area contributed by atoms with Gasteiger partial charge in [-0.1, -0.05) is 352 Å². The minimum atomic E-state index is 1.15. The highest BCUT2D eigenvalue weighted by Gasteiger charge is 2.25. The Kier molecular flexibility index (Phi) is 18.8. The highest BCUT2D eigenvalue weighted by Crippen LogP contribution is 2.47. The topological polar surface area (TPSA) is 29.6 Å². The smallest absolute Gasteiger partial charge is 0.0562 e. The van der Waals surface area contributed by atoms with Gasteiger partial charge in [0.05, 0.1) is 66.2 Å². The number of aromatic nitrogens is 6.